The summed E-state index contributed by atoms with van der Waals surface area (Å²) in [6.07, 6.45) is 9.29. The number of rotatable bonds is 3. The van der Waals surface area contributed by atoms with Gasteiger partial charge in [-0.3, -0.25) is 4.79 Å². The minimum Gasteiger partial charge on any atom is -0.312 e. The lowest BCUT2D eigenvalue weighted by atomic mass is 10.0. The molecule has 18 heavy (non-hydrogen) atoms. The normalized spacial score (nSPS) is 21.0. The van der Waals surface area contributed by atoms with E-state index >= 15 is 0 Å². The van der Waals surface area contributed by atoms with Gasteiger partial charge in [0.05, 0.1) is 12.2 Å². The fourth-order valence-electron chi connectivity index (χ4n) is 2.41. The summed E-state index contributed by atoms with van der Waals surface area (Å²) < 4.78 is 1.81. The molecule has 2 aliphatic rings. The number of aromatic nitrogens is 3. The second kappa shape index (κ2) is 5.02. The van der Waals surface area contributed by atoms with Crippen LogP contribution in [0.4, 0.5) is 0 Å². The fourth-order valence-corrected chi connectivity index (χ4v) is 2.41. The van der Waals surface area contributed by atoms with E-state index < -0.39 is 0 Å². The molecule has 0 spiro atoms. The maximum atomic E-state index is 12.3. The minimum atomic E-state index is 0.0652. The van der Waals surface area contributed by atoms with E-state index in [0.717, 1.165) is 37.9 Å². The van der Waals surface area contributed by atoms with Gasteiger partial charge in [0.1, 0.15) is 0 Å². The van der Waals surface area contributed by atoms with Crippen molar-refractivity contribution in [2.24, 2.45) is 0 Å². The van der Waals surface area contributed by atoms with Crippen LogP contribution in [0.15, 0.2) is 17.8 Å². The van der Waals surface area contributed by atoms with Crippen molar-refractivity contribution >= 4 is 5.78 Å². The maximum absolute atomic E-state index is 12.3. The zero-order chi connectivity index (χ0) is 12.4. The van der Waals surface area contributed by atoms with Crippen molar-refractivity contribution in [3.05, 3.63) is 23.5 Å². The van der Waals surface area contributed by atoms with Crippen molar-refractivity contribution in [2.45, 2.75) is 38.1 Å². The molecule has 1 fully saturated rings. The molecule has 0 saturated carbocycles. The highest BCUT2D eigenvalue weighted by molar-refractivity contribution is 6.07. The van der Waals surface area contributed by atoms with Crippen LogP contribution in [0, 0.1) is 0 Å². The highest BCUT2D eigenvalue weighted by Crippen LogP contribution is 2.20. The van der Waals surface area contributed by atoms with Gasteiger partial charge >= 0.3 is 0 Å². The quantitative estimate of drug-likeness (QED) is 0.821. The topological polar surface area (TPSA) is 59.8 Å². The zero-order valence-corrected chi connectivity index (χ0v) is 10.4. The number of hydrogen-bond donors (Lipinski definition) is 1. The first-order valence-electron chi connectivity index (χ1n) is 6.71. The third kappa shape index (κ3) is 2.22. The van der Waals surface area contributed by atoms with E-state index in [1.54, 1.807) is 10.9 Å². The van der Waals surface area contributed by atoms with Crippen molar-refractivity contribution < 1.29 is 4.79 Å². The van der Waals surface area contributed by atoms with Crippen molar-refractivity contribution in [1.82, 2.24) is 20.3 Å². The number of nitrogens with one attached hydrogen (secondary N) is 1. The molecule has 1 aliphatic carbocycles. The average molecular weight is 246 g/mol. The van der Waals surface area contributed by atoms with E-state index in [2.05, 4.69) is 21.7 Å². The van der Waals surface area contributed by atoms with Gasteiger partial charge in [-0.15, -0.1) is 5.10 Å². The SMILES string of the molecule is O=C(C1=CCCCCC1)c1cn(C2CNC2)nn1. The van der Waals surface area contributed by atoms with Gasteiger partial charge in [0.15, 0.2) is 5.69 Å². The van der Waals surface area contributed by atoms with Crippen LogP contribution in [-0.4, -0.2) is 33.9 Å². The average Bonchev–Trinajstić information content (AvgIpc) is 2.62. The molecule has 0 unspecified atom stereocenters. The summed E-state index contributed by atoms with van der Waals surface area (Å²) in [5.41, 5.74) is 1.42. The second-order valence-corrected chi connectivity index (χ2v) is 5.05. The Hall–Kier alpha value is -1.49. The largest absolute Gasteiger partial charge is 0.312 e. The van der Waals surface area contributed by atoms with Gasteiger partial charge in [0.25, 0.3) is 0 Å². The summed E-state index contributed by atoms with van der Waals surface area (Å²) in [6.45, 7) is 1.83. The third-order valence-corrected chi connectivity index (χ3v) is 3.71. The Bertz CT molecular complexity index is 473. The number of carbonyl (C=O) groups excluding carboxylic acids is 1. The van der Waals surface area contributed by atoms with Gasteiger partial charge in [-0.2, -0.15) is 0 Å². The van der Waals surface area contributed by atoms with Crippen LogP contribution in [0.2, 0.25) is 0 Å². The van der Waals surface area contributed by atoms with Crippen LogP contribution < -0.4 is 5.32 Å². The van der Waals surface area contributed by atoms with Crippen molar-refractivity contribution in [1.29, 1.82) is 0 Å². The van der Waals surface area contributed by atoms with E-state index in [-0.39, 0.29) is 5.78 Å². The van der Waals surface area contributed by atoms with Gasteiger partial charge < -0.3 is 5.32 Å². The lowest BCUT2D eigenvalue weighted by Crippen LogP contribution is -2.43. The van der Waals surface area contributed by atoms with Crippen molar-refractivity contribution in [2.75, 3.05) is 13.1 Å². The Morgan fingerprint density at radius 1 is 1.33 bits per heavy atom. The first kappa shape index (κ1) is 11.6. The van der Waals surface area contributed by atoms with Gasteiger partial charge in [-0.05, 0) is 31.3 Å². The lowest BCUT2D eigenvalue weighted by Gasteiger charge is -2.26. The summed E-state index contributed by atoms with van der Waals surface area (Å²) in [7, 11) is 0. The highest BCUT2D eigenvalue weighted by Gasteiger charge is 2.23. The van der Waals surface area contributed by atoms with Gasteiger partial charge in [-0.1, -0.05) is 17.7 Å². The van der Waals surface area contributed by atoms with Gasteiger partial charge in [-0.25, -0.2) is 4.68 Å². The smallest absolute Gasteiger partial charge is 0.210 e. The molecule has 96 valence electrons. The Balaban J connectivity index is 1.74. The zero-order valence-electron chi connectivity index (χ0n) is 10.4. The predicted octanol–water partition coefficient (Wildman–Crippen LogP) is 1.50. The summed E-state index contributed by atoms with van der Waals surface area (Å²) in [4.78, 5) is 12.3. The predicted molar refractivity (Wildman–Crippen MR) is 67.4 cm³/mol. The maximum Gasteiger partial charge on any atom is 0.210 e. The molecule has 0 radical (unpaired) electrons. The molecule has 1 aromatic heterocycles. The molecular weight excluding hydrogens is 228 g/mol. The van der Waals surface area contributed by atoms with Gasteiger partial charge in [0.2, 0.25) is 5.78 Å². The summed E-state index contributed by atoms with van der Waals surface area (Å²) in [5, 5.41) is 11.3. The summed E-state index contributed by atoms with van der Waals surface area (Å²) in [6, 6.07) is 0.363. The van der Waals surface area contributed by atoms with E-state index in [4.69, 9.17) is 0 Å². The molecule has 1 aromatic rings. The van der Waals surface area contributed by atoms with Gasteiger partial charge in [0, 0.05) is 13.1 Å². The summed E-state index contributed by atoms with van der Waals surface area (Å²) in [5.74, 6) is 0.0652. The molecule has 2 heterocycles. The second-order valence-electron chi connectivity index (χ2n) is 5.05. The highest BCUT2D eigenvalue weighted by atomic mass is 16.1. The molecule has 0 atom stereocenters. The number of nitrogens with zero attached hydrogens (tertiary/aromatic N) is 3. The minimum absolute atomic E-state index is 0.0652. The first-order valence-corrected chi connectivity index (χ1v) is 6.71. The molecule has 1 aliphatic heterocycles. The number of Topliss-reactive ketones (excluding diaryl/α,β-unsaturated/α-hetero) is 1. The van der Waals surface area contributed by atoms with Crippen LogP contribution in [0.5, 0.6) is 0 Å². The molecule has 3 rings (SSSR count). The van der Waals surface area contributed by atoms with Crippen LogP contribution in [0.1, 0.15) is 48.6 Å². The fraction of sp³-hybridized carbons (Fsp3) is 0.615. The molecule has 0 bridgehead atoms. The Kier molecular flexibility index (Phi) is 3.23. The third-order valence-electron chi connectivity index (χ3n) is 3.71. The van der Waals surface area contributed by atoms with E-state index in [0.29, 0.717) is 11.7 Å². The van der Waals surface area contributed by atoms with Crippen LogP contribution >= 0.6 is 0 Å². The lowest BCUT2D eigenvalue weighted by molar-refractivity contribution is 0.102. The van der Waals surface area contributed by atoms with E-state index in [9.17, 15) is 4.79 Å². The molecular formula is C13H18N4O. The molecule has 0 amide bonds. The van der Waals surface area contributed by atoms with Crippen molar-refractivity contribution in [3.63, 3.8) is 0 Å². The number of ketones is 1. The molecule has 5 heteroatoms. The van der Waals surface area contributed by atoms with Crippen LogP contribution in [0.25, 0.3) is 0 Å². The standard InChI is InChI=1S/C13H18N4O/c18-13(10-5-3-1-2-4-6-10)12-9-17(16-15-12)11-7-14-8-11/h5,9,11,14H,1-4,6-8H2. The van der Waals surface area contributed by atoms with E-state index in [1.165, 1.54) is 12.8 Å². The summed E-state index contributed by atoms with van der Waals surface area (Å²) >= 11 is 0. The Morgan fingerprint density at radius 3 is 3.00 bits per heavy atom. The first-order chi connectivity index (χ1) is 8.84. The van der Waals surface area contributed by atoms with Crippen LogP contribution in [-0.2, 0) is 0 Å². The van der Waals surface area contributed by atoms with Crippen LogP contribution in [0.3, 0.4) is 0 Å². The molecule has 0 aromatic carbocycles. The molecule has 1 saturated heterocycles. The Labute approximate surface area is 106 Å². The van der Waals surface area contributed by atoms with Crippen molar-refractivity contribution in [3.8, 4) is 0 Å². The Morgan fingerprint density at radius 2 is 2.22 bits per heavy atom. The number of carbonyl (C=O) groups is 1. The number of allylic oxidation sites excluding steroid dienone is 2. The monoisotopic (exact) mass is 246 g/mol. The molecule has 1 N–H and O–H groups in total. The number of hydrogen-bond acceptors (Lipinski definition) is 4. The van der Waals surface area contributed by atoms with E-state index in [1.807, 2.05) is 0 Å². The molecule has 5 nitrogen and oxygen atoms in total.